The van der Waals surface area contributed by atoms with E-state index in [4.69, 9.17) is 0 Å². The van der Waals surface area contributed by atoms with Gasteiger partial charge in [-0.25, -0.2) is 0 Å². The molecule has 7 unspecified atom stereocenters. The highest BCUT2D eigenvalue weighted by Crippen LogP contribution is 2.67. The van der Waals surface area contributed by atoms with Gasteiger partial charge < -0.3 is 10.6 Å². The van der Waals surface area contributed by atoms with Gasteiger partial charge in [0.05, 0.1) is 5.76 Å². The Morgan fingerprint density at radius 3 is 2.28 bits per heavy atom. The normalized spacial score (nSPS) is 42.6. The summed E-state index contributed by atoms with van der Waals surface area (Å²) in [5.41, 5.74) is 1.27. The topological polar surface area (TPSA) is 51.7 Å². The number of fused-ring (bicyclic) bond motifs is 5. The maximum atomic E-state index is 9.42. The Balaban J connectivity index is 0.00000102. The number of rotatable bonds is 4. The third-order valence-corrected chi connectivity index (χ3v) is 9.80. The van der Waals surface area contributed by atoms with Crippen molar-refractivity contribution in [3.63, 3.8) is 0 Å². The number of aliphatic hydroxyl groups is 1. The number of hydrogen-bond acceptors (Lipinski definition) is 1. The lowest BCUT2D eigenvalue weighted by Gasteiger charge is -2.60. The van der Waals surface area contributed by atoms with Crippen LogP contribution >= 0.6 is 0 Å². The predicted octanol–water partition coefficient (Wildman–Crippen LogP) is 8.12. The average molecular weight is 409 g/mol. The molecule has 0 amide bonds. The molecule has 0 saturated heterocycles. The van der Waals surface area contributed by atoms with E-state index in [-0.39, 0.29) is 12.9 Å². The first-order valence-corrected chi connectivity index (χ1v) is 12.3. The fourth-order valence-corrected chi connectivity index (χ4v) is 8.43. The van der Waals surface area contributed by atoms with Crippen molar-refractivity contribution in [1.82, 2.24) is 0 Å². The van der Waals surface area contributed by atoms with E-state index in [1.165, 1.54) is 70.6 Å². The first-order chi connectivity index (χ1) is 12.9. The highest BCUT2D eigenvalue weighted by atomic mass is 16.3. The van der Waals surface area contributed by atoms with E-state index in [2.05, 4.69) is 20.4 Å². The molecular formula is C27H52O2. The van der Waals surface area contributed by atoms with Gasteiger partial charge in [0.2, 0.25) is 0 Å². The van der Waals surface area contributed by atoms with Crippen LogP contribution in [0.4, 0.5) is 0 Å². The zero-order valence-corrected chi connectivity index (χ0v) is 19.2. The molecule has 0 aromatic carbocycles. The molecule has 7 atom stereocenters. The van der Waals surface area contributed by atoms with Crippen LogP contribution in [0.2, 0.25) is 0 Å². The van der Waals surface area contributed by atoms with Crippen molar-refractivity contribution in [2.45, 2.75) is 119 Å². The summed E-state index contributed by atoms with van der Waals surface area (Å²) in [6.45, 7) is 13.0. The lowest BCUT2D eigenvalue weighted by Crippen LogP contribution is -2.52. The standard InChI is InChI=1S/C24H40O.C2H6.CH4.H2O/c1-17(25)7-6-9-19-11-13-21-20-12-10-18-8-4-5-15-23(18,2)22(20)14-16-24(19,21)3;1-2;;/h18-22,25H,1,4-16H2,2-3H3;1-2H3;1H4;1H2. The van der Waals surface area contributed by atoms with Crippen molar-refractivity contribution >= 4 is 0 Å². The van der Waals surface area contributed by atoms with Crippen LogP contribution in [0.3, 0.4) is 0 Å². The molecule has 2 heteroatoms. The Hall–Kier alpha value is -0.500. The van der Waals surface area contributed by atoms with Gasteiger partial charge in [-0.05, 0) is 105 Å². The second-order valence-corrected chi connectivity index (χ2v) is 10.7. The first kappa shape index (κ1) is 26.5. The Labute approximate surface area is 182 Å². The zero-order chi connectivity index (χ0) is 19.7. The van der Waals surface area contributed by atoms with Crippen molar-refractivity contribution in [1.29, 1.82) is 0 Å². The number of hydrogen-bond donors (Lipinski definition) is 1. The monoisotopic (exact) mass is 408 g/mol. The van der Waals surface area contributed by atoms with Gasteiger partial charge in [0, 0.05) is 6.42 Å². The van der Waals surface area contributed by atoms with Crippen molar-refractivity contribution in [3.8, 4) is 0 Å². The molecule has 172 valence electrons. The van der Waals surface area contributed by atoms with Gasteiger partial charge in [0.15, 0.2) is 0 Å². The van der Waals surface area contributed by atoms with E-state index in [0.717, 1.165) is 42.4 Å². The third-order valence-electron chi connectivity index (χ3n) is 9.80. The number of allylic oxidation sites excluding steroid dienone is 1. The second-order valence-electron chi connectivity index (χ2n) is 10.7. The van der Waals surface area contributed by atoms with Gasteiger partial charge in [-0.15, -0.1) is 0 Å². The molecule has 4 aliphatic carbocycles. The molecule has 0 radical (unpaired) electrons. The van der Waals surface area contributed by atoms with Gasteiger partial charge in [0.1, 0.15) is 0 Å². The van der Waals surface area contributed by atoms with Crippen molar-refractivity contribution in [2.75, 3.05) is 0 Å². The summed E-state index contributed by atoms with van der Waals surface area (Å²) in [4.78, 5) is 0. The first-order valence-electron chi connectivity index (χ1n) is 12.3. The molecule has 0 aromatic rings. The quantitative estimate of drug-likeness (QED) is 0.469. The summed E-state index contributed by atoms with van der Waals surface area (Å²) in [6.07, 6.45) is 18.3. The molecule has 29 heavy (non-hydrogen) atoms. The Kier molecular flexibility index (Phi) is 9.78. The van der Waals surface area contributed by atoms with Gasteiger partial charge in [-0.1, -0.05) is 54.5 Å². The summed E-state index contributed by atoms with van der Waals surface area (Å²) in [7, 11) is 0. The van der Waals surface area contributed by atoms with Gasteiger partial charge >= 0.3 is 0 Å². The van der Waals surface area contributed by atoms with Crippen LogP contribution in [0.1, 0.15) is 119 Å². The van der Waals surface area contributed by atoms with Crippen molar-refractivity contribution < 1.29 is 10.6 Å². The minimum atomic E-state index is 0. The fraction of sp³-hybridized carbons (Fsp3) is 0.926. The lowest BCUT2D eigenvalue weighted by molar-refractivity contribution is -0.111. The van der Waals surface area contributed by atoms with Crippen LogP contribution < -0.4 is 0 Å². The maximum Gasteiger partial charge on any atom is 0.0851 e. The molecule has 0 aromatic heterocycles. The summed E-state index contributed by atoms with van der Waals surface area (Å²) in [5.74, 6) is 5.37. The fourth-order valence-electron chi connectivity index (χ4n) is 8.43. The largest absolute Gasteiger partial charge is 0.513 e. The molecule has 3 N–H and O–H groups in total. The van der Waals surface area contributed by atoms with Crippen LogP contribution in [0.5, 0.6) is 0 Å². The third kappa shape index (κ3) is 4.73. The van der Waals surface area contributed by atoms with Crippen LogP contribution in [-0.2, 0) is 0 Å². The Morgan fingerprint density at radius 1 is 0.897 bits per heavy atom. The lowest BCUT2D eigenvalue weighted by atomic mass is 9.45. The zero-order valence-electron chi connectivity index (χ0n) is 19.2. The smallest absolute Gasteiger partial charge is 0.0851 e. The summed E-state index contributed by atoms with van der Waals surface area (Å²) in [5, 5.41) is 9.42. The molecule has 0 spiro atoms. The highest BCUT2D eigenvalue weighted by molar-refractivity contribution is 5.08. The Morgan fingerprint density at radius 2 is 1.59 bits per heavy atom. The van der Waals surface area contributed by atoms with E-state index in [1.54, 1.807) is 0 Å². The molecule has 4 aliphatic rings. The molecule has 2 nitrogen and oxygen atoms in total. The van der Waals surface area contributed by atoms with E-state index >= 15 is 0 Å². The summed E-state index contributed by atoms with van der Waals surface area (Å²) in [6, 6.07) is 0. The Bertz CT molecular complexity index is 515. The van der Waals surface area contributed by atoms with E-state index in [1.807, 2.05) is 13.8 Å². The van der Waals surface area contributed by atoms with Gasteiger partial charge in [-0.2, -0.15) is 0 Å². The molecule has 0 aliphatic heterocycles. The van der Waals surface area contributed by atoms with Crippen molar-refractivity contribution in [2.24, 2.45) is 40.4 Å². The molecule has 0 bridgehead atoms. The minimum absolute atomic E-state index is 0. The van der Waals surface area contributed by atoms with Crippen LogP contribution in [0, 0.1) is 40.4 Å². The van der Waals surface area contributed by atoms with Crippen molar-refractivity contribution in [3.05, 3.63) is 12.3 Å². The maximum absolute atomic E-state index is 9.42. The predicted molar refractivity (Wildman–Crippen MR) is 127 cm³/mol. The minimum Gasteiger partial charge on any atom is -0.513 e. The summed E-state index contributed by atoms with van der Waals surface area (Å²) >= 11 is 0. The van der Waals surface area contributed by atoms with E-state index in [0.29, 0.717) is 16.6 Å². The highest BCUT2D eigenvalue weighted by Gasteiger charge is 2.59. The number of aliphatic hydroxyl groups excluding tert-OH is 1. The van der Waals surface area contributed by atoms with E-state index in [9.17, 15) is 5.11 Å². The molecule has 4 fully saturated rings. The van der Waals surface area contributed by atoms with Crippen LogP contribution in [0.25, 0.3) is 0 Å². The van der Waals surface area contributed by atoms with Crippen LogP contribution in [0.15, 0.2) is 12.3 Å². The molecule has 0 heterocycles. The average Bonchev–Trinajstić information content (AvgIpc) is 2.99. The van der Waals surface area contributed by atoms with Gasteiger partial charge in [-0.3, -0.25) is 0 Å². The summed E-state index contributed by atoms with van der Waals surface area (Å²) < 4.78 is 0. The molecular weight excluding hydrogens is 356 g/mol. The van der Waals surface area contributed by atoms with Crippen LogP contribution in [-0.4, -0.2) is 10.6 Å². The second kappa shape index (κ2) is 10.7. The van der Waals surface area contributed by atoms with Gasteiger partial charge in [0.25, 0.3) is 0 Å². The SMILES string of the molecule is C.C=C(O)CCCC1CCC2C3CCC4CCCCC4(C)C3CCC12C.CC.O. The molecule has 4 rings (SSSR count). The molecule has 4 saturated carbocycles. The van der Waals surface area contributed by atoms with E-state index < -0.39 is 0 Å².